The van der Waals surface area contributed by atoms with Crippen LogP contribution in [-0.4, -0.2) is 12.5 Å². The fraction of sp³-hybridized carbons (Fsp3) is 0.136. The summed E-state index contributed by atoms with van der Waals surface area (Å²) in [5.41, 5.74) is 7.15. The van der Waals surface area contributed by atoms with E-state index in [-0.39, 0.29) is 5.91 Å². The number of aryl methyl sites for hydroxylation is 1. The van der Waals surface area contributed by atoms with Gasteiger partial charge in [0, 0.05) is 23.5 Å². The standard InChI is InChI=1S/C22H20N2O/c1-15-6-8-16(9-7-15)19-4-2-3-5-20(19)22(25)24-18-10-11-21-17(14-18)12-13-23-21/h2-11,14,23H,12-13H2,1H3,(H,24,25). The lowest BCUT2D eigenvalue weighted by molar-refractivity contribution is 0.102. The highest BCUT2D eigenvalue weighted by atomic mass is 16.1. The van der Waals surface area contributed by atoms with Crippen LogP contribution < -0.4 is 10.6 Å². The van der Waals surface area contributed by atoms with E-state index in [9.17, 15) is 4.79 Å². The van der Waals surface area contributed by atoms with Gasteiger partial charge < -0.3 is 10.6 Å². The second-order valence-corrected chi connectivity index (χ2v) is 6.41. The number of amides is 1. The molecular weight excluding hydrogens is 308 g/mol. The molecule has 0 spiro atoms. The van der Waals surface area contributed by atoms with Crippen molar-refractivity contribution in [3.8, 4) is 11.1 Å². The maximum Gasteiger partial charge on any atom is 0.256 e. The van der Waals surface area contributed by atoms with E-state index in [1.165, 1.54) is 11.1 Å². The first-order chi connectivity index (χ1) is 12.2. The summed E-state index contributed by atoms with van der Waals surface area (Å²) in [4.78, 5) is 12.8. The molecule has 3 aromatic rings. The molecule has 0 atom stereocenters. The Morgan fingerprint density at radius 1 is 1.00 bits per heavy atom. The Labute approximate surface area is 147 Å². The van der Waals surface area contributed by atoms with Crippen LogP contribution in [0.15, 0.2) is 66.7 Å². The van der Waals surface area contributed by atoms with Gasteiger partial charge in [-0.05, 0) is 54.3 Å². The summed E-state index contributed by atoms with van der Waals surface area (Å²) in [6, 6.07) is 22.0. The van der Waals surface area contributed by atoms with Crippen molar-refractivity contribution < 1.29 is 4.79 Å². The van der Waals surface area contributed by atoms with Crippen molar-refractivity contribution in [3.63, 3.8) is 0 Å². The predicted octanol–water partition coefficient (Wildman–Crippen LogP) is 4.88. The van der Waals surface area contributed by atoms with Crippen LogP contribution in [0.4, 0.5) is 11.4 Å². The molecule has 0 saturated carbocycles. The fourth-order valence-electron chi connectivity index (χ4n) is 3.25. The summed E-state index contributed by atoms with van der Waals surface area (Å²) in [7, 11) is 0. The van der Waals surface area contributed by atoms with Gasteiger partial charge in [0.15, 0.2) is 0 Å². The zero-order chi connectivity index (χ0) is 17.2. The van der Waals surface area contributed by atoms with E-state index in [0.717, 1.165) is 35.5 Å². The maximum atomic E-state index is 12.8. The normalized spacial score (nSPS) is 12.4. The van der Waals surface area contributed by atoms with Crippen LogP contribution in [0, 0.1) is 6.92 Å². The number of fused-ring (bicyclic) bond motifs is 1. The zero-order valence-electron chi connectivity index (χ0n) is 14.2. The monoisotopic (exact) mass is 328 g/mol. The van der Waals surface area contributed by atoms with Crippen molar-refractivity contribution in [2.45, 2.75) is 13.3 Å². The number of anilines is 2. The third-order valence-electron chi connectivity index (χ3n) is 4.61. The van der Waals surface area contributed by atoms with Gasteiger partial charge in [0.05, 0.1) is 0 Å². The number of carbonyl (C=O) groups excluding carboxylic acids is 1. The second kappa shape index (κ2) is 6.44. The summed E-state index contributed by atoms with van der Waals surface area (Å²) < 4.78 is 0. The van der Waals surface area contributed by atoms with Crippen LogP contribution in [-0.2, 0) is 6.42 Å². The molecule has 0 radical (unpaired) electrons. The molecule has 0 saturated heterocycles. The molecule has 2 N–H and O–H groups in total. The average molecular weight is 328 g/mol. The molecule has 124 valence electrons. The lowest BCUT2D eigenvalue weighted by Gasteiger charge is -2.11. The van der Waals surface area contributed by atoms with E-state index < -0.39 is 0 Å². The van der Waals surface area contributed by atoms with E-state index in [4.69, 9.17) is 0 Å². The van der Waals surface area contributed by atoms with Crippen LogP contribution in [0.2, 0.25) is 0 Å². The molecular formula is C22H20N2O. The molecule has 0 bridgehead atoms. The maximum absolute atomic E-state index is 12.8. The Bertz CT molecular complexity index is 929. The van der Waals surface area contributed by atoms with Crippen molar-refractivity contribution in [1.29, 1.82) is 0 Å². The molecule has 3 heteroatoms. The number of hydrogen-bond donors (Lipinski definition) is 2. The Hall–Kier alpha value is -3.07. The third kappa shape index (κ3) is 3.13. The van der Waals surface area contributed by atoms with E-state index in [2.05, 4.69) is 47.9 Å². The molecule has 25 heavy (non-hydrogen) atoms. The number of rotatable bonds is 3. The highest BCUT2D eigenvalue weighted by molar-refractivity contribution is 6.08. The molecule has 3 aromatic carbocycles. The van der Waals surface area contributed by atoms with Gasteiger partial charge in [-0.2, -0.15) is 0 Å². The minimum atomic E-state index is -0.0814. The topological polar surface area (TPSA) is 41.1 Å². The molecule has 4 rings (SSSR count). The largest absolute Gasteiger partial charge is 0.384 e. The highest BCUT2D eigenvalue weighted by Gasteiger charge is 2.14. The summed E-state index contributed by atoms with van der Waals surface area (Å²) in [5, 5.41) is 6.38. The molecule has 0 aliphatic carbocycles. The van der Waals surface area contributed by atoms with Crippen LogP contribution in [0.25, 0.3) is 11.1 Å². The average Bonchev–Trinajstić information content (AvgIpc) is 3.10. The van der Waals surface area contributed by atoms with Gasteiger partial charge in [-0.3, -0.25) is 4.79 Å². The second-order valence-electron chi connectivity index (χ2n) is 6.41. The summed E-state index contributed by atoms with van der Waals surface area (Å²) in [6.07, 6.45) is 0.999. The van der Waals surface area contributed by atoms with Gasteiger partial charge in [-0.15, -0.1) is 0 Å². The van der Waals surface area contributed by atoms with Gasteiger partial charge in [-0.25, -0.2) is 0 Å². The van der Waals surface area contributed by atoms with Crippen molar-refractivity contribution >= 4 is 17.3 Å². The first-order valence-corrected chi connectivity index (χ1v) is 8.55. The first-order valence-electron chi connectivity index (χ1n) is 8.55. The Morgan fingerprint density at radius 3 is 2.64 bits per heavy atom. The van der Waals surface area contributed by atoms with E-state index in [1.807, 2.05) is 36.4 Å². The molecule has 0 fully saturated rings. The zero-order valence-corrected chi connectivity index (χ0v) is 14.2. The smallest absolute Gasteiger partial charge is 0.256 e. The minimum absolute atomic E-state index is 0.0814. The summed E-state index contributed by atoms with van der Waals surface area (Å²) in [6.45, 7) is 3.02. The van der Waals surface area contributed by atoms with Crippen LogP contribution in [0.1, 0.15) is 21.5 Å². The van der Waals surface area contributed by atoms with Gasteiger partial charge in [-0.1, -0.05) is 48.0 Å². The van der Waals surface area contributed by atoms with E-state index in [1.54, 1.807) is 0 Å². The van der Waals surface area contributed by atoms with Crippen molar-refractivity contribution in [2.75, 3.05) is 17.2 Å². The quantitative estimate of drug-likeness (QED) is 0.719. The van der Waals surface area contributed by atoms with Crippen molar-refractivity contribution in [1.82, 2.24) is 0 Å². The lowest BCUT2D eigenvalue weighted by Crippen LogP contribution is -2.13. The summed E-state index contributed by atoms with van der Waals surface area (Å²) >= 11 is 0. The number of carbonyl (C=O) groups is 1. The molecule has 3 nitrogen and oxygen atoms in total. The van der Waals surface area contributed by atoms with Crippen molar-refractivity contribution in [3.05, 3.63) is 83.4 Å². The predicted molar refractivity (Wildman–Crippen MR) is 103 cm³/mol. The Morgan fingerprint density at radius 2 is 1.80 bits per heavy atom. The first kappa shape index (κ1) is 15.5. The molecule has 1 aliphatic rings. The van der Waals surface area contributed by atoms with E-state index >= 15 is 0 Å². The third-order valence-corrected chi connectivity index (χ3v) is 4.61. The number of benzene rings is 3. The minimum Gasteiger partial charge on any atom is -0.384 e. The lowest BCUT2D eigenvalue weighted by atomic mass is 9.98. The SMILES string of the molecule is Cc1ccc(-c2ccccc2C(=O)Nc2ccc3c(c2)CCN3)cc1. The summed E-state index contributed by atoms with van der Waals surface area (Å²) in [5.74, 6) is -0.0814. The Balaban J connectivity index is 1.63. The molecule has 1 amide bonds. The van der Waals surface area contributed by atoms with Crippen LogP contribution in [0.5, 0.6) is 0 Å². The number of hydrogen-bond acceptors (Lipinski definition) is 2. The molecule has 1 heterocycles. The van der Waals surface area contributed by atoms with Crippen LogP contribution >= 0.6 is 0 Å². The van der Waals surface area contributed by atoms with Gasteiger partial charge in [0.2, 0.25) is 0 Å². The molecule has 1 aliphatic heterocycles. The highest BCUT2D eigenvalue weighted by Crippen LogP contribution is 2.27. The van der Waals surface area contributed by atoms with Gasteiger partial charge in [0.1, 0.15) is 0 Å². The fourth-order valence-corrected chi connectivity index (χ4v) is 3.25. The molecule has 0 unspecified atom stereocenters. The van der Waals surface area contributed by atoms with Crippen molar-refractivity contribution in [2.24, 2.45) is 0 Å². The Kier molecular flexibility index (Phi) is 3.98. The van der Waals surface area contributed by atoms with Gasteiger partial charge in [0.25, 0.3) is 5.91 Å². The van der Waals surface area contributed by atoms with Crippen LogP contribution in [0.3, 0.4) is 0 Å². The van der Waals surface area contributed by atoms with Gasteiger partial charge >= 0.3 is 0 Å². The number of nitrogens with one attached hydrogen (secondary N) is 2. The van der Waals surface area contributed by atoms with E-state index in [0.29, 0.717) is 5.56 Å². The molecule has 0 aromatic heterocycles.